The predicted octanol–water partition coefficient (Wildman–Crippen LogP) is 1.41. The van der Waals surface area contributed by atoms with E-state index in [4.69, 9.17) is 34.2 Å². The smallest absolute Gasteiger partial charge is 0.303 e. The summed E-state index contributed by atoms with van der Waals surface area (Å²) in [6, 6.07) is 4.64. The Balaban J connectivity index is 1.99. The molecular weight excluding hydrogens is 405 g/mol. The van der Waals surface area contributed by atoms with Crippen LogP contribution in [0.4, 0.5) is 5.69 Å². The number of benzene rings is 1. The normalized spacial score (nSPS) is 10.5. The summed E-state index contributed by atoms with van der Waals surface area (Å²) in [5.74, 6) is 4.11. The Morgan fingerprint density at radius 2 is 2.00 bits per heavy atom. The number of hydrogen-bond donors (Lipinski definition) is 3. The highest BCUT2D eigenvalue weighted by Crippen LogP contribution is 2.25. The average molecular weight is 418 g/mol. The predicted molar refractivity (Wildman–Crippen MR) is 98.2 cm³/mol. The lowest BCUT2D eigenvalue weighted by atomic mass is 10.2. The fourth-order valence-corrected chi connectivity index (χ4v) is 2.75. The van der Waals surface area contributed by atoms with Gasteiger partial charge in [0.25, 0.3) is 5.56 Å². The van der Waals surface area contributed by atoms with Gasteiger partial charge in [0, 0.05) is 12.1 Å². The van der Waals surface area contributed by atoms with Crippen molar-refractivity contribution < 1.29 is 14.7 Å². The molecule has 0 radical (unpaired) electrons. The summed E-state index contributed by atoms with van der Waals surface area (Å²) in [6.45, 7) is 0. The second kappa shape index (κ2) is 8.88. The summed E-state index contributed by atoms with van der Waals surface area (Å²) in [5, 5.41) is 19.4. The van der Waals surface area contributed by atoms with Crippen LogP contribution in [-0.4, -0.2) is 37.6 Å². The number of aryl methyl sites for hydroxylation is 1. The first-order valence-electron chi connectivity index (χ1n) is 7.11. The van der Waals surface area contributed by atoms with Crippen LogP contribution in [0.25, 0.3) is 0 Å². The molecule has 0 spiro atoms. The zero-order valence-corrected chi connectivity index (χ0v) is 15.4. The summed E-state index contributed by atoms with van der Waals surface area (Å²) in [4.78, 5) is 34.5. The second-order valence-electron chi connectivity index (χ2n) is 4.96. The van der Waals surface area contributed by atoms with Gasteiger partial charge in [-0.25, -0.2) is 0 Å². The lowest BCUT2D eigenvalue weighted by molar-refractivity contribution is -0.137. The monoisotopic (exact) mass is 417 g/mol. The number of aromatic nitrogens is 3. The number of nitrogens with two attached hydrogens (primary N) is 1. The SMILES string of the molecule is Nn1c(SCC(=O)Nc2ccc(Cl)c(Cl)c2)nnc(CCC(=O)O)c1=O. The Morgan fingerprint density at radius 3 is 2.65 bits per heavy atom. The molecule has 0 fully saturated rings. The van der Waals surface area contributed by atoms with Crippen molar-refractivity contribution in [1.82, 2.24) is 14.9 Å². The van der Waals surface area contributed by atoms with Crippen LogP contribution in [-0.2, 0) is 16.0 Å². The van der Waals surface area contributed by atoms with E-state index in [2.05, 4.69) is 15.5 Å². The van der Waals surface area contributed by atoms with Crippen molar-refractivity contribution in [3.05, 3.63) is 44.3 Å². The number of carbonyl (C=O) groups excluding carboxylic acids is 1. The summed E-state index contributed by atoms with van der Waals surface area (Å²) in [6.07, 6.45) is -0.344. The van der Waals surface area contributed by atoms with Gasteiger partial charge in [-0.1, -0.05) is 35.0 Å². The van der Waals surface area contributed by atoms with Crippen LogP contribution in [0, 0.1) is 0 Å². The molecule has 138 valence electrons. The van der Waals surface area contributed by atoms with Crippen LogP contribution < -0.4 is 16.7 Å². The summed E-state index contributed by atoms with van der Waals surface area (Å²) >= 11 is 12.6. The third-order valence-corrected chi connectivity index (χ3v) is 4.72. The van der Waals surface area contributed by atoms with Gasteiger partial charge in [0.15, 0.2) is 0 Å². The molecule has 0 bridgehead atoms. The van der Waals surface area contributed by atoms with E-state index in [1.807, 2.05) is 0 Å². The molecule has 12 heteroatoms. The van der Waals surface area contributed by atoms with Crippen molar-refractivity contribution in [3.63, 3.8) is 0 Å². The van der Waals surface area contributed by atoms with E-state index >= 15 is 0 Å². The fourth-order valence-electron chi connectivity index (χ4n) is 1.80. The first kappa shape index (κ1) is 20.0. The maximum absolute atomic E-state index is 12.0. The maximum atomic E-state index is 12.0. The van der Waals surface area contributed by atoms with Crippen LogP contribution in [0.15, 0.2) is 28.2 Å². The van der Waals surface area contributed by atoms with Crippen molar-refractivity contribution >= 4 is 52.5 Å². The highest BCUT2D eigenvalue weighted by Gasteiger charge is 2.14. The van der Waals surface area contributed by atoms with E-state index < -0.39 is 11.5 Å². The number of nitrogen functional groups attached to an aromatic ring is 1. The van der Waals surface area contributed by atoms with Crippen molar-refractivity contribution in [3.8, 4) is 0 Å². The highest BCUT2D eigenvalue weighted by molar-refractivity contribution is 7.99. The third kappa shape index (κ3) is 5.35. The largest absolute Gasteiger partial charge is 0.481 e. The Hall–Kier alpha value is -2.30. The molecule has 2 rings (SSSR count). The molecule has 0 saturated heterocycles. The second-order valence-corrected chi connectivity index (χ2v) is 6.72. The zero-order chi connectivity index (χ0) is 19.3. The molecule has 1 amide bonds. The summed E-state index contributed by atoms with van der Waals surface area (Å²) in [7, 11) is 0. The number of nitrogens with zero attached hydrogens (tertiary/aromatic N) is 3. The number of anilines is 1. The van der Waals surface area contributed by atoms with Gasteiger partial charge in [-0.15, -0.1) is 10.2 Å². The van der Waals surface area contributed by atoms with Gasteiger partial charge < -0.3 is 16.3 Å². The lowest BCUT2D eigenvalue weighted by Crippen LogP contribution is -2.34. The molecule has 1 aromatic heterocycles. The molecule has 0 unspecified atom stereocenters. The van der Waals surface area contributed by atoms with Gasteiger partial charge in [-0.2, -0.15) is 4.68 Å². The number of thioether (sulfide) groups is 1. The first-order chi connectivity index (χ1) is 12.3. The molecule has 1 heterocycles. The highest BCUT2D eigenvalue weighted by atomic mass is 35.5. The Bertz CT molecular complexity index is 905. The molecule has 9 nitrogen and oxygen atoms in total. The summed E-state index contributed by atoms with van der Waals surface area (Å²) in [5.41, 5.74) is -0.251. The number of carboxylic acid groups (broad SMARTS) is 1. The molecule has 0 aliphatic carbocycles. The fraction of sp³-hybridized carbons (Fsp3) is 0.214. The maximum Gasteiger partial charge on any atom is 0.303 e. The van der Waals surface area contributed by atoms with Crippen LogP contribution in [0.5, 0.6) is 0 Å². The van der Waals surface area contributed by atoms with Crippen LogP contribution in [0.2, 0.25) is 10.0 Å². The number of halogens is 2. The molecule has 1 aromatic carbocycles. The van der Waals surface area contributed by atoms with Crippen molar-refractivity contribution in [2.24, 2.45) is 0 Å². The number of rotatable bonds is 7. The molecule has 26 heavy (non-hydrogen) atoms. The summed E-state index contributed by atoms with van der Waals surface area (Å²) < 4.78 is 0.737. The molecule has 0 saturated carbocycles. The van der Waals surface area contributed by atoms with Gasteiger partial charge in [-0.05, 0) is 18.2 Å². The molecule has 4 N–H and O–H groups in total. The van der Waals surface area contributed by atoms with E-state index in [1.54, 1.807) is 12.1 Å². The van der Waals surface area contributed by atoms with Gasteiger partial charge in [0.1, 0.15) is 5.69 Å². The van der Waals surface area contributed by atoms with E-state index in [1.165, 1.54) is 6.07 Å². The molecular formula is C14H13Cl2N5O4S. The van der Waals surface area contributed by atoms with Crippen molar-refractivity contribution in [2.75, 3.05) is 16.9 Å². The topological polar surface area (TPSA) is 140 Å². The Labute approximate surface area is 161 Å². The number of carboxylic acids is 1. The standard InChI is InChI=1S/C14H13Cl2N5O4S/c15-8-2-1-7(5-9(8)16)18-11(22)6-26-14-20-19-10(3-4-12(23)24)13(25)21(14)17/h1-2,5H,3-4,6,17H2,(H,18,22)(H,23,24). The molecule has 0 atom stereocenters. The minimum absolute atomic E-state index is 0.0263. The van der Waals surface area contributed by atoms with Crippen molar-refractivity contribution in [2.45, 2.75) is 18.0 Å². The minimum Gasteiger partial charge on any atom is -0.481 e. The number of carbonyl (C=O) groups is 2. The number of aliphatic carboxylic acids is 1. The van der Waals surface area contributed by atoms with Gasteiger partial charge in [0.05, 0.1) is 22.2 Å². The molecule has 0 aliphatic rings. The number of nitrogens with one attached hydrogen (secondary N) is 1. The van der Waals surface area contributed by atoms with E-state index in [-0.39, 0.29) is 35.4 Å². The van der Waals surface area contributed by atoms with E-state index in [0.29, 0.717) is 15.7 Å². The van der Waals surface area contributed by atoms with Crippen molar-refractivity contribution in [1.29, 1.82) is 0 Å². The zero-order valence-electron chi connectivity index (χ0n) is 13.1. The van der Waals surface area contributed by atoms with Gasteiger partial charge in [-0.3, -0.25) is 14.4 Å². The third-order valence-electron chi connectivity index (χ3n) is 3.04. The minimum atomic E-state index is -1.06. The van der Waals surface area contributed by atoms with Gasteiger partial charge in [0.2, 0.25) is 11.1 Å². The molecule has 2 aromatic rings. The number of amides is 1. The van der Waals surface area contributed by atoms with Crippen LogP contribution >= 0.6 is 35.0 Å². The van der Waals surface area contributed by atoms with Crippen LogP contribution in [0.3, 0.4) is 0 Å². The van der Waals surface area contributed by atoms with Crippen LogP contribution in [0.1, 0.15) is 12.1 Å². The van der Waals surface area contributed by atoms with Gasteiger partial charge >= 0.3 is 5.97 Å². The Morgan fingerprint density at radius 1 is 1.27 bits per heavy atom. The average Bonchev–Trinajstić information content (AvgIpc) is 2.58. The molecule has 0 aliphatic heterocycles. The lowest BCUT2D eigenvalue weighted by Gasteiger charge is -2.08. The Kier molecular flexibility index (Phi) is 6.83. The first-order valence-corrected chi connectivity index (χ1v) is 8.85. The van der Waals surface area contributed by atoms with E-state index in [0.717, 1.165) is 16.4 Å². The quantitative estimate of drug-likeness (QED) is 0.453. The number of hydrogen-bond acceptors (Lipinski definition) is 7. The van der Waals surface area contributed by atoms with E-state index in [9.17, 15) is 14.4 Å².